The van der Waals surface area contributed by atoms with E-state index in [4.69, 9.17) is 5.26 Å². The lowest BCUT2D eigenvalue weighted by atomic mass is 10.2. The summed E-state index contributed by atoms with van der Waals surface area (Å²) in [7, 11) is 0. The predicted molar refractivity (Wildman–Crippen MR) is 76.8 cm³/mol. The van der Waals surface area contributed by atoms with Gasteiger partial charge >= 0.3 is 0 Å². The first kappa shape index (κ1) is 15.2. The molecule has 0 fully saturated rings. The Morgan fingerprint density at radius 2 is 2.21 bits per heavy atom. The third-order valence-electron chi connectivity index (χ3n) is 2.86. The molecule has 0 spiro atoms. The molecule has 0 heterocycles. The Morgan fingerprint density at radius 3 is 2.79 bits per heavy atom. The van der Waals surface area contributed by atoms with E-state index in [0.717, 1.165) is 13.0 Å². The van der Waals surface area contributed by atoms with E-state index >= 15 is 0 Å². The van der Waals surface area contributed by atoms with Crippen molar-refractivity contribution < 1.29 is 4.79 Å². The Labute approximate surface area is 115 Å². The highest BCUT2D eigenvalue weighted by molar-refractivity contribution is 5.92. The van der Waals surface area contributed by atoms with Gasteiger partial charge in [0.15, 0.2) is 0 Å². The first-order chi connectivity index (χ1) is 9.06. The minimum Gasteiger partial charge on any atom is -0.325 e. The van der Waals surface area contributed by atoms with Crippen LogP contribution in [0.1, 0.15) is 32.8 Å². The number of benzene rings is 1. The lowest BCUT2D eigenvalue weighted by Gasteiger charge is -2.25. The number of hydrogen-bond donors (Lipinski definition) is 1. The summed E-state index contributed by atoms with van der Waals surface area (Å²) in [6.45, 7) is 7.55. The average molecular weight is 259 g/mol. The van der Waals surface area contributed by atoms with E-state index in [9.17, 15) is 4.79 Å². The zero-order valence-electron chi connectivity index (χ0n) is 11.8. The number of carbonyl (C=O) groups is 1. The van der Waals surface area contributed by atoms with E-state index in [0.29, 0.717) is 23.8 Å². The number of hydrogen-bond acceptors (Lipinski definition) is 3. The molecule has 1 N–H and O–H groups in total. The van der Waals surface area contributed by atoms with Gasteiger partial charge in [-0.1, -0.05) is 13.0 Å². The topological polar surface area (TPSA) is 56.1 Å². The summed E-state index contributed by atoms with van der Waals surface area (Å²) in [6.07, 6.45) is 1.02. The second-order valence-corrected chi connectivity index (χ2v) is 4.81. The van der Waals surface area contributed by atoms with Crippen molar-refractivity contribution in [2.75, 3.05) is 18.4 Å². The van der Waals surface area contributed by atoms with Crippen molar-refractivity contribution in [1.82, 2.24) is 4.90 Å². The second-order valence-electron chi connectivity index (χ2n) is 4.81. The number of anilines is 1. The number of rotatable bonds is 6. The van der Waals surface area contributed by atoms with Crippen LogP contribution < -0.4 is 5.32 Å². The quantitative estimate of drug-likeness (QED) is 0.854. The molecule has 19 heavy (non-hydrogen) atoms. The van der Waals surface area contributed by atoms with Crippen molar-refractivity contribution in [1.29, 1.82) is 5.26 Å². The number of nitrogens with zero attached hydrogens (tertiary/aromatic N) is 2. The molecule has 0 aliphatic heterocycles. The SMILES string of the molecule is CCCN(CC(=O)Nc1cccc(C#N)c1)C(C)C. The van der Waals surface area contributed by atoms with E-state index in [2.05, 4.69) is 37.1 Å². The zero-order chi connectivity index (χ0) is 14.3. The molecule has 1 amide bonds. The maximum atomic E-state index is 12.0. The van der Waals surface area contributed by atoms with Gasteiger partial charge in [0.1, 0.15) is 0 Å². The summed E-state index contributed by atoms with van der Waals surface area (Å²) in [4.78, 5) is 14.1. The first-order valence-electron chi connectivity index (χ1n) is 6.61. The Bertz CT molecular complexity index is 463. The number of nitriles is 1. The highest BCUT2D eigenvalue weighted by Crippen LogP contribution is 2.10. The summed E-state index contributed by atoms with van der Waals surface area (Å²) in [6, 6.07) is 9.35. The molecule has 0 radical (unpaired) electrons. The van der Waals surface area contributed by atoms with Gasteiger partial charge in [0.25, 0.3) is 0 Å². The van der Waals surface area contributed by atoms with Crippen LogP contribution in [0.2, 0.25) is 0 Å². The number of carbonyl (C=O) groups excluding carboxylic acids is 1. The largest absolute Gasteiger partial charge is 0.325 e. The molecule has 0 unspecified atom stereocenters. The molecule has 0 saturated carbocycles. The molecule has 0 bridgehead atoms. The lowest BCUT2D eigenvalue weighted by molar-refractivity contribution is -0.117. The molecule has 0 aliphatic rings. The van der Waals surface area contributed by atoms with Gasteiger partial charge in [0.05, 0.1) is 18.2 Å². The molecule has 0 aliphatic carbocycles. The summed E-state index contributed by atoms with van der Waals surface area (Å²) >= 11 is 0. The Kier molecular flexibility index (Phi) is 6.04. The minimum absolute atomic E-state index is 0.0442. The summed E-state index contributed by atoms with van der Waals surface area (Å²) < 4.78 is 0. The van der Waals surface area contributed by atoms with Gasteiger partial charge in [0.2, 0.25) is 5.91 Å². The van der Waals surface area contributed by atoms with Crippen LogP contribution in [0.25, 0.3) is 0 Å². The molecule has 0 atom stereocenters. The third-order valence-corrected chi connectivity index (χ3v) is 2.86. The second kappa shape index (κ2) is 7.55. The van der Waals surface area contributed by atoms with Crippen LogP contribution >= 0.6 is 0 Å². The van der Waals surface area contributed by atoms with Crippen LogP contribution in [0.3, 0.4) is 0 Å². The van der Waals surface area contributed by atoms with Crippen molar-refractivity contribution in [2.24, 2.45) is 0 Å². The van der Waals surface area contributed by atoms with E-state index in [1.807, 2.05) is 0 Å². The maximum absolute atomic E-state index is 12.0. The fourth-order valence-corrected chi connectivity index (χ4v) is 1.86. The fourth-order valence-electron chi connectivity index (χ4n) is 1.86. The minimum atomic E-state index is -0.0442. The van der Waals surface area contributed by atoms with Gasteiger partial charge in [-0.25, -0.2) is 0 Å². The smallest absolute Gasteiger partial charge is 0.238 e. The van der Waals surface area contributed by atoms with Crippen LogP contribution in [0.4, 0.5) is 5.69 Å². The van der Waals surface area contributed by atoms with Crippen molar-refractivity contribution in [3.05, 3.63) is 29.8 Å². The number of nitrogens with one attached hydrogen (secondary N) is 1. The molecule has 1 aromatic carbocycles. The molecule has 1 aromatic rings. The predicted octanol–water partition coefficient (Wildman–Crippen LogP) is 2.62. The van der Waals surface area contributed by atoms with E-state index in [1.165, 1.54) is 0 Å². The van der Waals surface area contributed by atoms with Gasteiger partial charge in [-0.15, -0.1) is 0 Å². The van der Waals surface area contributed by atoms with Crippen LogP contribution in [0.15, 0.2) is 24.3 Å². The Morgan fingerprint density at radius 1 is 1.47 bits per heavy atom. The van der Waals surface area contributed by atoms with E-state index in [1.54, 1.807) is 24.3 Å². The fraction of sp³-hybridized carbons (Fsp3) is 0.467. The third kappa shape index (κ3) is 5.11. The molecule has 4 heteroatoms. The van der Waals surface area contributed by atoms with Crippen LogP contribution in [0, 0.1) is 11.3 Å². The van der Waals surface area contributed by atoms with Crippen molar-refractivity contribution in [3.63, 3.8) is 0 Å². The van der Waals surface area contributed by atoms with Gasteiger partial charge in [-0.2, -0.15) is 5.26 Å². The molecule has 0 aromatic heterocycles. The van der Waals surface area contributed by atoms with Gasteiger partial charge in [0, 0.05) is 11.7 Å². The number of amides is 1. The van der Waals surface area contributed by atoms with E-state index < -0.39 is 0 Å². The summed E-state index contributed by atoms with van der Waals surface area (Å²) in [5, 5.41) is 11.6. The van der Waals surface area contributed by atoms with Crippen LogP contribution in [-0.2, 0) is 4.79 Å². The van der Waals surface area contributed by atoms with Crippen molar-refractivity contribution in [3.8, 4) is 6.07 Å². The molecule has 4 nitrogen and oxygen atoms in total. The monoisotopic (exact) mass is 259 g/mol. The summed E-state index contributed by atoms with van der Waals surface area (Å²) in [5.41, 5.74) is 1.22. The lowest BCUT2D eigenvalue weighted by Crippen LogP contribution is -2.38. The van der Waals surface area contributed by atoms with Crippen LogP contribution in [0.5, 0.6) is 0 Å². The van der Waals surface area contributed by atoms with Crippen LogP contribution in [-0.4, -0.2) is 29.9 Å². The standard InChI is InChI=1S/C15H21N3O/c1-4-8-18(12(2)3)11-15(19)17-14-7-5-6-13(9-14)10-16/h5-7,9,12H,4,8,11H2,1-3H3,(H,17,19). The highest BCUT2D eigenvalue weighted by Gasteiger charge is 2.13. The van der Waals surface area contributed by atoms with Gasteiger partial charge in [-0.3, -0.25) is 9.69 Å². The highest BCUT2D eigenvalue weighted by atomic mass is 16.2. The molecule has 0 saturated heterocycles. The molecular weight excluding hydrogens is 238 g/mol. The molecule has 102 valence electrons. The zero-order valence-corrected chi connectivity index (χ0v) is 11.8. The Balaban J connectivity index is 2.61. The van der Waals surface area contributed by atoms with E-state index in [-0.39, 0.29) is 5.91 Å². The first-order valence-corrected chi connectivity index (χ1v) is 6.61. The molecule has 1 rings (SSSR count). The van der Waals surface area contributed by atoms with Gasteiger partial charge in [-0.05, 0) is 45.0 Å². The van der Waals surface area contributed by atoms with Crippen molar-refractivity contribution in [2.45, 2.75) is 33.2 Å². The van der Waals surface area contributed by atoms with Crippen molar-refractivity contribution >= 4 is 11.6 Å². The van der Waals surface area contributed by atoms with Gasteiger partial charge < -0.3 is 5.32 Å². The Hall–Kier alpha value is -1.86. The summed E-state index contributed by atoms with van der Waals surface area (Å²) in [5.74, 6) is -0.0442. The maximum Gasteiger partial charge on any atom is 0.238 e. The molecular formula is C15H21N3O. The normalized spacial score (nSPS) is 10.5. The average Bonchev–Trinajstić information content (AvgIpc) is 2.38.